The molecule has 0 N–H and O–H groups in total. The van der Waals surface area contributed by atoms with Crippen LogP contribution in [0.25, 0.3) is 6.08 Å². The van der Waals surface area contributed by atoms with Crippen molar-refractivity contribution >= 4 is 6.08 Å². The molecule has 0 aliphatic carbocycles. The third-order valence-corrected chi connectivity index (χ3v) is 2.27. The van der Waals surface area contributed by atoms with Gasteiger partial charge in [0, 0.05) is 0 Å². The van der Waals surface area contributed by atoms with Crippen molar-refractivity contribution < 1.29 is 9.47 Å². The maximum atomic E-state index is 5.79. The van der Waals surface area contributed by atoms with Gasteiger partial charge in [0.2, 0.25) is 0 Å². The first kappa shape index (κ1) is 9.13. The molecule has 2 rings (SSSR count). The van der Waals surface area contributed by atoms with Crippen molar-refractivity contribution in [1.82, 2.24) is 0 Å². The molecule has 0 saturated heterocycles. The van der Waals surface area contributed by atoms with E-state index >= 15 is 0 Å². The van der Waals surface area contributed by atoms with Gasteiger partial charge in [-0.3, -0.25) is 0 Å². The van der Waals surface area contributed by atoms with Crippen LogP contribution >= 0.6 is 0 Å². The molecule has 0 radical (unpaired) electrons. The van der Waals surface area contributed by atoms with Gasteiger partial charge >= 0.3 is 0 Å². The summed E-state index contributed by atoms with van der Waals surface area (Å²) in [4.78, 5) is 0. The number of fused-ring (bicyclic) bond motifs is 1. The van der Waals surface area contributed by atoms with Gasteiger partial charge in [-0.15, -0.1) is 0 Å². The third-order valence-electron chi connectivity index (χ3n) is 2.27. The van der Waals surface area contributed by atoms with Crippen LogP contribution in [0.3, 0.4) is 0 Å². The normalized spacial score (nSPS) is 17.1. The quantitative estimate of drug-likeness (QED) is 0.678. The highest BCUT2D eigenvalue weighted by molar-refractivity contribution is 5.66. The number of benzene rings is 1. The van der Waals surface area contributed by atoms with Crippen LogP contribution in [-0.2, 0) is 0 Å². The van der Waals surface area contributed by atoms with Crippen LogP contribution in [0, 0.1) is 0 Å². The van der Waals surface area contributed by atoms with E-state index in [0.29, 0.717) is 0 Å². The van der Waals surface area contributed by atoms with Gasteiger partial charge in [0.15, 0.2) is 0 Å². The second kappa shape index (κ2) is 3.05. The maximum absolute atomic E-state index is 5.79. The van der Waals surface area contributed by atoms with E-state index in [0.717, 1.165) is 17.1 Å². The van der Waals surface area contributed by atoms with Gasteiger partial charge in [0.25, 0.3) is 0 Å². The maximum Gasteiger partial charge on any atom is 0.131 e. The molecule has 0 fully saturated rings. The molecule has 1 heterocycles. The third kappa shape index (κ3) is 1.48. The van der Waals surface area contributed by atoms with Gasteiger partial charge in [0.1, 0.15) is 17.1 Å². The molecule has 0 amide bonds. The second-order valence-electron chi connectivity index (χ2n) is 3.91. The lowest BCUT2D eigenvalue weighted by molar-refractivity contribution is 0.158. The smallest absolute Gasteiger partial charge is 0.131 e. The minimum Gasteiger partial charge on any atom is -0.496 e. The Morgan fingerprint density at radius 1 is 1.29 bits per heavy atom. The SMILES string of the molecule is COc1cccc2c1C=CC(C)(C)O2. The van der Waals surface area contributed by atoms with E-state index in [1.54, 1.807) is 7.11 Å². The summed E-state index contributed by atoms with van der Waals surface area (Å²) in [5.74, 6) is 1.74. The zero-order valence-electron chi connectivity index (χ0n) is 8.70. The second-order valence-corrected chi connectivity index (χ2v) is 3.91. The Labute approximate surface area is 84.2 Å². The molecule has 1 aromatic carbocycles. The lowest BCUT2D eigenvalue weighted by atomic mass is 10.0. The monoisotopic (exact) mass is 190 g/mol. The Balaban J connectivity index is 2.50. The first-order valence-electron chi connectivity index (χ1n) is 4.68. The van der Waals surface area contributed by atoms with Gasteiger partial charge in [0.05, 0.1) is 12.7 Å². The topological polar surface area (TPSA) is 18.5 Å². The largest absolute Gasteiger partial charge is 0.496 e. The highest BCUT2D eigenvalue weighted by atomic mass is 16.5. The highest BCUT2D eigenvalue weighted by Crippen LogP contribution is 2.36. The number of methoxy groups -OCH3 is 1. The van der Waals surface area contributed by atoms with E-state index in [-0.39, 0.29) is 5.60 Å². The van der Waals surface area contributed by atoms with E-state index in [4.69, 9.17) is 9.47 Å². The molecule has 2 heteroatoms. The van der Waals surface area contributed by atoms with Crippen molar-refractivity contribution in [2.24, 2.45) is 0 Å². The first-order valence-corrected chi connectivity index (χ1v) is 4.68. The first-order chi connectivity index (χ1) is 6.62. The molecule has 0 bridgehead atoms. The Bertz CT molecular complexity index is 378. The lowest BCUT2D eigenvalue weighted by Crippen LogP contribution is -2.27. The number of hydrogen-bond donors (Lipinski definition) is 0. The standard InChI is InChI=1S/C12H14O2/c1-12(2)8-7-9-10(13-3)5-4-6-11(9)14-12/h4-8H,1-3H3. The Hall–Kier alpha value is -1.44. The molecule has 1 aromatic rings. The van der Waals surface area contributed by atoms with E-state index < -0.39 is 0 Å². The molecule has 0 unspecified atom stereocenters. The molecule has 1 aliphatic rings. The molecule has 0 atom stereocenters. The van der Waals surface area contributed by atoms with E-state index in [1.807, 2.05) is 38.1 Å². The van der Waals surface area contributed by atoms with Gasteiger partial charge in [-0.25, -0.2) is 0 Å². The molecule has 74 valence electrons. The van der Waals surface area contributed by atoms with Crippen LogP contribution in [0.5, 0.6) is 11.5 Å². The molecule has 0 saturated carbocycles. The van der Waals surface area contributed by atoms with Crippen molar-refractivity contribution in [1.29, 1.82) is 0 Å². The van der Waals surface area contributed by atoms with Crippen LogP contribution in [0.2, 0.25) is 0 Å². The van der Waals surface area contributed by atoms with Crippen LogP contribution in [0.4, 0.5) is 0 Å². The average molecular weight is 190 g/mol. The van der Waals surface area contributed by atoms with Crippen molar-refractivity contribution in [2.45, 2.75) is 19.4 Å². The van der Waals surface area contributed by atoms with Crippen LogP contribution in [-0.4, -0.2) is 12.7 Å². The zero-order chi connectivity index (χ0) is 10.2. The summed E-state index contributed by atoms with van der Waals surface area (Å²) < 4.78 is 11.0. The van der Waals surface area contributed by atoms with Gasteiger partial charge in [-0.1, -0.05) is 6.07 Å². The van der Waals surface area contributed by atoms with E-state index in [9.17, 15) is 0 Å². The summed E-state index contributed by atoms with van der Waals surface area (Å²) in [6, 6.07) is 5.83. The lowest BCUT2D eigenvalue weighted by Gasteiger charge is -2.28. The summed E-state index contributed by atoms with van der Waals surface area (Å²) >= 11 is 0. The molecular weight excluding hydrogens is 176 g/mol. The zero-order valence-corrected chi connectivity index (χ0v) is 8.70. The summed E-state index contributed by atoms with van der Waals surface area (Å²) in [6.45, 7) is 4.07. The summed E-state index contributed by atoms with van der Waals surface area (Å²) in [7, 11) is 1.67. The molecular formula is C12H14O2. The van der Waals surface area contributed by atoms with Crippen molar-refractivity contribution in [2.75, 3.05) is 7.11 Å². The Morgan fingerprint density at radius 2 is 2.07 bits per heavy atom. The fraction of sp³-hybridized carbons (Fsp3) is 0.333. The molecule has 0 spiro atoms. The van der Waals surface area contributed by atoms with Crippen LogP contribution < -0.4 is 9.47 Å². The summed E-state index contributed by atoms with van der Waals surface area (Å²) in [5.41, 5.74) is 0.800. The van der Waals surface area contributed by atoms with Crippen LogP contribution in [0.15, 0.2) is 24.3 Å². The molecule has 1 aliphatic heterocycles. The van der Waals surface area contributed by atoms with Gasteiger partial charge in [-0.05, 0) is 38.1 Å². The minimum atomic E-state index is -0.223. The van der Waals surface area contributed by atoms with E-state index in [1.165, 1.54) is 0 Å². The highest BCUT2D eigenvalue weighted by Gasteiger charge is 2.22. The Morgan fingerprint density at radius 3 is 2.79 bits per heavy atom. The van der Waals surface area contributed by atoms with Crippen molar-refractivity contribution in [3.8, 4) is 11.5 Å². The number of hydrogen-bond acceptors (Lipinski definition) is 2. The van der Waals surface area contributed by atoms with E-state index in [2.05, 4.69) is 6.08 Å². The molecule has 2 nitrogen and oxygen atoms in total. The van der Waals surface area contributed by atoms with Crippen LogP contribution in [0.1, 0.15) is 19.4 Å². The van der Waals surface area contributed by atoms with Gasteiger partial charge < -0.3 is 9.47 Å². The summed E-state index contributed by atoms with van der Waals surface area (Å²) in [5, 5.41) is 0. The fourth-order valence-electron chi connectivity index (χ4n) is 1.56. The van der Waals surface area contributed by atoms with Crippen molar-refractivity contribution in [3.05, 3.63) is 29.8 Å². The molecule has 14 heavy (non-hydrogen) atoms. The predicted octanol–water partition coefficient (Wildman–Crippen LogP) is 2.88. The van der Waals surface area contributed by atoms with Crippen molar-refractivity contribution in [3.63, 3.8) is 0 Å². The average Bonchev–Trinajstić information content (AvgIpc) is 2.15. The summed E-state index contributed by atoms with van der Waals surface area (Å²) in [6.07, 6.45) is 4.09. The molecule has 0 aromatic heterocycles. The minimum absolute atomic E-state index is 0.223. The predicted molar refractivity (Wildman–Crippen MR) is 56.7 cm³/mol. The number of ether oxygens (including phenoxy) is 2. The van der Waals surface area contributed by atoms with Gasteiger partial charge in [-0.2, -0.15) is 0 Å². The fourth-order valence-corrected chi connectivity index (χ4v) is 1.56. The Kier molecular flexibility index (Phi) is 1.99. The number of rotatable bonds is 1.